The molecule has 6 nitrogen and oxygen atoms in total. The fourth-order valence-electron chi connectivity index (χ4n) is 2.48. The molecule has 0 spiro atoms. The molecule has 1 fully saturated rings. The van der Waals surface area contributed by atoms with Crippen LogP contribution in [0.3, 0.4) is 0 Å². The number of benzene rings is 1. The number of rotatable bonds is 4. The summed E-state index contributed by atoms with van der Waals surface area (Å²) in [7, 11) is -2.91. The van der Waals surface area contributed by atoms with E-state index in [-0.39, 0.29) is 23.5 Å². The molecule has 2 heterocycles. The fraction of sp³-hybridized carbons (Fsp3) is 0.250. The molecule has 1 aromatic heterocycles. The molecule has 3 rings (SSSR count). The largest absolute Gasteiger partial charge is 0.380 e. The molecular formula is C16H17N3O3S. The average Bonchev–Trinajstić information content (AvgIpc) is 2.89. The van der Waals surface area contributed by atoms with Crippen LogP contribution in [-0.4, -0.2) is 36.9 Å². The number of nitrogens with one attached hydrogen (secondary N) is 2. The molecule has 120 valence electrons. The monoisotopic (exact) mass is 331 g/mol. The van der Waals surface area contributed by atoms with E-state index in [1.807, 2.05) is 6.07 Å². The highest BCUT2D eigenvalue weighted by atomic mass is 32.2. The minimum Gasteiger partial charge on any atom is -0.380 e. The van der Waals surface area contributed by atoms with Crippen molar-refractivity contribution in [1.82, 2.24) is 4.98 Å². The van der Waals surface area contributed by atoms with Crippen molar-refractivity contribution in [2.45, 2.75) is 12.5 Å². The molecule has 7 heteroatoms. The summed E-state index contributed by atoms with van der Waals surface area (Å²) >= 11 is 0. The van der Waals surface area contributed by atoms with Crippen LogP contribution in [0, 0.1) is 0 Å². The van der Waals surface area contributed by atoms with Gasteiger partial charge in [-0.3, -0.25) is 4.79 Å². The second-order valence-electron chi connectivity index (χ2n) is 5.50. The van der Waals surface area contributed by atoms with Gasteiger partial charge in [-0.15, -0.1) is 0 Å². The van der Waals surface area contributed by atoms with Crippen molar-refractivity contribution in [3.05, 3.63) is 54.2 Å². The summed E-state index contributed by atoms with van der Waals surface area (Å²) in [6, 6.07) is 12.3. The van der Waals surface area contributed by atoms with Gasteiger partial charge in [0.25, 0.3) is 5.91 Å². The van der Waals surface area contributed by atoms with Gasteiger partial charge in [-0.25, -0.2) is 13.4 Å². The minimum absolute atomic E-state index is 0.0773. The molecule has 0 saturated carbocycles. The lowest BCUT2D eigenvalue weighted by molar-refractivity contribution is 0.102. The Morgan fingerprint density at radius 1 is 1.13 bits per heavy atom. The highest BCUT2D eigenvalue weighted by Crippen LogP contribution is 2.18. The van der Waals surface area contributed by atoms with Gasteiger partial charge in [-0.2, -0.15) is 0 Å². The lowest BCUT2D eigenvalue weighted by Gasteiger charge is -2.12. The molecule has 0 radical (unpaired) electrons. The Hall–Kier alpha value is -2.41. The van der Waals surface area contributed by atoms with Crippen molar-refractivity contribution >= 4 is 27.2 Å². The SMILES string of the molecule is O=C(Nc1ccc(NC2CCS(=O)(=O)C2)cn1)c1ccccc1. The van der Waals surface area contributed by atoms with Crippen LogP contribution in [0.2, 0.25) is 0 Å². The maximum Gasteiger partial charge on any atom is 0.256 e. The zero-order valence-corrected chi connectivity index (χ0v) is 13.2. The van der Waals surface area contributed by atoms with Crippen LogP contribution in [0.15, 0.2) is 48.7 Å². The molecular weight excluding hydrogens is 314 g/mol. The van der Waals surface area contributed by atoms with Gasteiger partial charge in [0.1, 0.15) is 5.82 Å². The van der Waals surface area contributed by atoms with Crippen LogP contribution in [0.25, 0.3) is 0 Å². The Morgan fingerprint density at radius 2 is 1.91 bits per heavy atom. The Kier molecular flexibility index (Phi) is 4.29. The molecule has 1 saturated heterocycles. The maximum absolute atomic E-state index is 12.0. The molecule has 2 N–H and O–H groups in total. The van der Waals surface area contributed by atoms with Crippen LogP contribution < -0.4 is 10.6 Å². The Balaban J connectivity index is 1.60. The van der Waals surface area contributed by atoms with Crippen molar-refractivity contribution in [1.29, 1.82) is 0 Å². The number of hydrogen-bond acceptors (Lipinski definition) is 5. The summed E-state index contributed by atoms with van der Waals surface area (Å²) in [6.45, 7) is 0. The molecule has 1 unspecified atom stereocenters. The Labute approximate surface area is 134 Å². The number of hydrogen-bond donors (Lipinski definition) is 2. The van der Waals surface area contributed by atoms with E-state index in [0.29, 0.717) is 17.8 Å². The lowest BCUT2D eigenvalue weighted by Crippen LogP contribution is -2.20. The first-order valence-corrected chi connectivity index (χ1v) is 9.13. The summed E-state index contributed by atoms with van der Waals surface area (Å²) in [5.74, 6) is 0.604. The van der Waals surface area contributed by atoms with Crippen molar-refractivity contribution in [2.75, 3.05) is 22.1 Å². The van der Waals surface area contributed by atoms with Crippen LogP contribution in [0.5, 0.6) is 0 Å². The van der Waals surface area contributed by atoms with E-state index in [4.69, 9.17) is 0 Å². The third-order valence-corrected chi connectivity index (χ3v) is 5.41. The zero-order chi connectivity index (χ0) is 16.3. The van der Waals surface area contributed by atoms with Gasteiger partial charge in [0, 0.05) is 11.6 Å². The first kappa shape index (κ1) is 15.5. The van der Waals surface area contributed by atoms with E-state index in [2.05, 4.69) is 15.6 Å². The number of nitrogens with zero attached hydrogens (tertiary/aromatic N) is 1. The molecule has 2 aromatic rings. The summed E-state index contributed by atoms with van der Waals surface area (Å²) in [6.07, 6.45) is 2.19. The lowest BCUT2D eigenvalue weighted by atomic mass is 10.2. The normalized spacial score (nSPS) is 19.2. The summed E-state index contributed by atoms with van der Waals surface area (Å²) < 4.78 is 22.9. The number of carbonyl (C=O) groups excluding carboxylic acids is 1. The molecule has 1 amide bonds. The Morgan fingerprint density at radius 3 is 2.52 bits per heavy atom. The van der Waals surface area contributed by atoms with Crippen molar-refractivity contribution in [2.24, 2.45) is 0 Å². The summed E-state index contributed by atoms with van der Waals surface area (Å²) in [5.41, 5.74) is 1.30. The van der Waals surface area contributed by atoms with Crippen LogP contribution >= 0.6 is 0 Å². The standard InChI is InChI=1S/C16H17N3O3S/c20-16(12-4-2-1-3-5-12)19-15-7-6-13(10-17-15)18-14-8-9-23(21,22)11-14/h1-7,10,14,18H,8-9,11H2,(H,17,19,20). The summed E-state index contributed by atoms with van der Waals surface area (Å²) in [5, 5.41) is 5.87. The Bertz CT molecular complexity index is 789. The van der Waals surface area contributed by atoms with Gasteiger partial charge in [0.05, 0.1) is 23.4 Å². The molecule has 1 aliphatic rings. The van der Waals surface area contributed by atoms with Gasteiger partial charge in [0.15, 0.2) is 9.84 Å². The van der Waals surface area contributed by atoms with Gasteiger partial charge in [-0.1, -0.05) is 18.2 Å². The van der Waals surface area contributed by atoms with Crippen molar-refractivity contribution in [3.8, 4) is 0 Å². The zero-order valence-electron chi connectivity index (χ0n) is 12.4. The van der Waals surface area contributed by atoms with Gasteiger partial charge < -0.3 is 10.6 Å². The van der Waals surface area contributed by atoms with E-state index in [1.54, 1.807) is 42.6 Å². The van der Waals surface area contributed by atoms with E-state index in [0.717, 1.165) is 5.69 Å². The quantitative estimate of drug-likeness (QED) is 0.894. The van der Waals surface area contributed by atoms with Gasteiger partial charge in [0.2, 0.25) is 0 Å². The number of anilines is 2. The van der Waals surface area contributed by atoms with Crippen LogP contribution in [0.4, 0.5) is 11.5 Å². The number of carbonyl (C=O) groups is 1. The average molecular weight is 331 g/mol. The number of amides is 1. The van der Waals surface area contributed by atoms with Crippen LogP contribution in [0.1, 0.15) is 16.8 Å². The number of sulfone groups is 1. The topological polar surface area (TPSA) is 88.2 Å². The maximum atomic E-state index is 12.0. The minimum atomic E-state index is -2.91. The first-order chi connectivity index (χ1) is 11.0. The predicted molar refractivity (Wildman–Crippen MR) is 89.3 cm³/mol. The third-order valence-electron chi connectivity index (χ3n) is 3.64. The van der Waals surface area contributed by atoms with E-state index >= 15 is 0 Å². The van der Waals surface area contributed by atoms with Gasteiger partial charge >= 0.3 is 0 Å². The van der Waals surface area contributed by atoms with E-state index < -0.39 is 9.84 Å². The van der Waals surface area contributed by atoms with Gasteiger partial charge in [-0.05, 0) is 30.7 Å². The fourth-order valence-corrected chi connectivity index (χ4v) is 4.15. The first-order valence-electron chi connectivity index (χ1n) is 7.31. The van der Waals surface area contributed by atoms with E-state index in [9.17, 15) is 13.2 Å². The molecule has 0 bridgehead atoms. The molecule has 0 aliphatic carbocycles. The van der Waals surface area contributed by atoms with Crippen molar-refractivity contribution in [3.63, 3.8) is 0 Å². The smallest absolute Gasteiger partial charge is 0.256 e. The molecule has 1 aromatic carbocycles. The molecule has 23 heavy (non-hydrogen) atoms. The highest BCUT2D eigenvalue weighted by molar-refractivity contribution is 7.91. The van der Waals surface area contributed by atoms with E-state index in [1.165, 1.54) is 0 Å². The second kappa shape index (κ2) is 6.37. The second-order valence-corrected chi connectivity index (χ2v) is 7.73. The number of pyridine rings is 1. The highest BCUT2D eigenvalue weighted by Gasteiger charge is 2.27. The summed E-state index contributed by atoms with van der Waals surface area (Å²) in [4.78, 5) is 16.2. The van der Waals surface area contributed by atoms with Crippen LogP contribution in [-0.2, 0) is 9.84 Å². The van der Waals surface area contributed by atoms with Crippen molar-refractivity contribution < 1.29 is 13.2 Å². The third kappa shape index (κ3) is 4.07. The number of aromatic nitrogens is 1. The molecule has 1 atom stereocenters. The predicted octanol–water partition coefficient (Wildman–Crippen LogP) is 1.93. The molecule has 1 aliphatic heterocycles.